The van der Waals surface area contributed by atoms with Crippen molar-refractivity contribution in [2.24, 2.45) is 11.7 Å². The predicted molar refractivity (Wildman–Crippen MR) is 68.1 cm³/mol. The fourth-order valence-electron chi connectivity index (χ4n) is 1.82. The molecule has 0 aliphatic heterocycles. The minimum Gasteiger partial charge on any atom is -0.329 e. The van der Waals surface area contributed by atoms with Gasteiger partial charge in [0.2, 0.25) is 0 Å². The molecule has 2 unspecified atom stereocenters. The fraction of sp³-hybridized carbons (Fsp3) is 0.615. The summed E-state index contributed by atoms with van der Waals surface area (Å²) in [5.74, 6) is 0.614. The summed E-state index contributed by atoms with van der Waals surface area (Å²) in [6.45, 7) is 7.29. The summed E-state index contributed by atoms with van der Waals surface area (Å²) in [5, 5.41) is 0. The molecule has 0 radical (unpaired) electrons. The lowest BCUT2D eigenvalue weighted by Gasteiger charge is -2.34. The minimum atomic E-state index is 0.207. The number of hydrogen-bond acceptors (Lipinski definition) is 3. The van der Waals surface area contributed by atoms with Gasteiger partial charge in [-0.3, -0.25) is 9.88 Å². The zero-order valence-corrected chi connectivity index (χ0v) is 10.7. The van der Waals surface area contributed by atoms with Crippen LogP contribution in [0.5, 0.6) is 0 Å². The zero-order chi connectivity index (χ0) is 12.1. The van der Waals surface area contributed by atoms with Gasteiger partial charge in [0, 0.05) is 18.8 Å². The lowest BCUT2D eigenvalue weighted by Crippen LogP contribution is -2.40. The van der Waals surface area contributed by atoms with Crippen LogP contribution in [-0.4, -0.2) is 29.5 Å². The van der Waals surface area contributed by atoms with E-state index in [2.05, 4.69) is 37.7 Å². The second kappa shape index (κ2) is 5.97. The standard InChI is InChI=1S/C13H23N3/c1-10(2)11(3)16(4)13(9-14)12-7-5-6-8-15-12/h5-8,10-11,13H,9,14H2,1-4H3. The molecule has 2 atom stereocenters. The van der Waals surface area contributed by atoms with Crippen molar-refractivity contribution >= 4 is 0 Å². The molecule has 0 fully saturated rings. The summed E-state index contributed by atoms with van der Waals surface area (Å²) in [5.41, 5.74) is 6.92. The summed E-state index contributed by atoms with van der Waals surface area (Å²) >= 11 is 0. The second-order valence-electron chi connectivity index (χ2n) is 4.66. The molecule has 0 saturated carbocycles. The van der Waals surface area contributed by atoms with Crippen LogP contribution in [0.15, 0.2) is 24.4 Å². The first-order valence-electron chi connectivity index (χ1n) is 5.90. The van der Waals surface area contributed by atoms with Gasteiger partial charge in [0.05, 0.1) is 11.7 Å². The van der Waals surface area contributed by atoms with Crippen molar-refractivity contribution in [2.75, 3.05) is 13.6 Å². The first kappa shape index (κ1) is 13.1. The highest BCUT2D eigenvalue weighted by Gasteiger charge is 2.22. The molecule has 1 aromatic rings. The molecule has 0 spiro atoms. The molecule has 0 saturated heterocycles. The molecular weight excluding hydrogens is 198 g/mol. The highest BCUT2D eigenvalue weighted by Crippen LogP contribution is 2.21. The fourth-order valence-corrected chi connectivity index (χ4v) is 1.82. The maximum absolute atomic E-state index is 5.86. The molecule has 0 bridgehead atoms. The lowest BCUT2D eigenvalue weighted by molar-refractivity contribution is 0.149. The van der Waals surface area contributed by atoms with E-state index in [1.165, 1.54) is 0 Å². The summed E-state index contributed by atoms with van der Waals surface area (Å²) in [6, 6.07) is 6.69. The number of nitrogens with two attached hydrogens (primary N) is 1. The van der Waals surface area contributed by atoms with E-state index in [0.717, 1.165) is 5.69 Å². The molecular formula is C13H23N3. The van der Waals surface area contributed by atoms with Crippen molar-refractivity contribution in [3.8, 4) is 0 Å². The van der Waals surface area contributed by atoms with E-state index in [0.29, 0.717) is 18.5 Å². The predicted octanol–water partition coefficient (Wildman–Crippen LogP) is 2.06. The molecule has 0 aliphatic rings. The minimum absolute atomic E-state index is 0.207. The highest BCUT2D eigenvalue weighted by molar-refractivity contribution is 5.09. The Bertz CT molecular complexity index is 297. The maximum atomic E-state index is 5.86. The Hall–Kier alpha value is -0.930. The number of hydrogen-bond donors (Lipinski definition) is 1. The SMILES string of the molecule is CC(C)C(C)N(C)C(CN)c1ccccn1. The quantitative estimate of drug-likeness (QED) is 0.827. The van der Waals surface area contributed by atoms with Gasteiger partial charge in [0.15, 0.2) is 0 Å². The number of likely N-dealkylation sites (N-methyl/N-ethyl adjacent to an activating group) is 1. The topological polar surface area (TPSA) is 42.1 Å². The third-order valence-corrected chi connectivity index (χ3v) is 3.35. The Morgan fingerprint density at radius 3 is 2.44 bits per heavy atom. The molecule has 16 heavy (non-hydrogen) atoms. The second-order valence-corrected chi connectivity index (χ2v) is 4.66. The average Bonchev–Trinajstić information content (AvgIpc) is 2.30. The molecule has 1 heterocycles. The Kier molecular flexibility index (Phi) is 4.90. The van der Waals surface area contributed by atoms with Crippen molar-refractivity contribution in [3.05, 3.63) is 30.1 Å². The molecule has 1 rings (SSSR count). The molecule has 90 valence electrons. The third kappa shape index (κ3) is 3.03. The number of pyridine rings is 1. The van der Waals surface area contributed by atoms with Crippen LogP contribution in [0.3, 0.4) is 0 Å². The van der Waals surface area contributed by atoms with Crippen LogP contribution in [0.2, 0.25) is 0 Å². The molecule has 0 aromatic carbocycles. The van der Waals surface area contributed by atoms with E-state index in [1.54, 1.807) is 0 Å². The molecule has 3 heteroatoms. The van der Waals surface area contributed by atoms with Gasteiger partial charge >= 0.3 is 0 Å². The monoisotopic (exact) mass is 221 g/mol. The summed E-state index contributed by atoms with van der Waals surface area (Å²) in [6.07, 6.45) is 1.83. The summed E-state index contributed by atoms with van der Waals surface area (Å²) < 4.78 is 0. The van der Waals surface area contributed by atoms with Crippen molar-refractivity contribution in [3.63, 3.8) is 0 Å². The van der Waals surface area contributed by atoms with Crippen LogP contribution < -0.4 is 5.73 Å². The van der Waals surface area contributed by atoms with E-state index in [9.17, 15) is 0 Å². The molecule has 1 aromatic heterocycles. The van der Waals surface area contributed by atoms with Gasteiger partial charge in [0.1, 0.15) is 0 Å². The number of rotatable bonds is 5. The summed E-state index contributed by atoms with van der Waals surface area (Å²) in [7, 11) is 2.12. The van der Waals surface area contributed by atoms with Gasteiger partial charge in [-0.25, -0.2) is 0 Å². The van der Waals surface area contributed by atoms with Crippen LogP contribution in [0.25, 0.3) is 0 Å². The number of nitrogens with zero attached hydrogens (tertiary/aromatic N) is 2. The van der Waals surface area contributed by atoms with Gasteiger partial charge in [-0.1, -0.05) is 19.9 Å². The lowest BCUT2D eigenvalue weighted by atomic mass is 10.0. The Morgan fingerprint density at radius 2 is 2.00 bits per heavy atom. The Balaban J connectivity index is 2.83. The first-order valence-corrected chi connectivity index (χ1v) is 5.90. The first-order chi connectivity index (χ1) is 7.57. The van der Waals surface area contributed by atoms with Crippen molar-refractivity contribution < 1.29 is 0 Å². The number of aromatic nitrogens is 1. The van der Waals surface area contributed by atoms with Gasteiger partial charge in [0.25, 0.3) is 0 Å². The highest BCUT2D eigenvalue weighted by atomic mass is 15.2. The average molecular weight is 221 g/mol. The van der Waals surface area contributed by atoms with Gasteiger partial charge in [-0.05, 0) is 32.0 Å². The van der Waals surface area contributed by atoms with Crippen LogP contribution >= 0.6 is 0 Å². The van der Waals surface area contributed by atoms with E-state index in [-0.39, 0.29) is 6.04 Å². The van der Waals surface area contributed by atoms with E-state index in [4.69, 9.17) is 5.73 Å². The van der Waals surface area contributed by atoms with Crippen LogP contribution in [0, 0.1) is 5.92 Å². The van der Waals surface area contributed by atoms with Crippen molar-refractivity contribution in [2.45, 2.75) is 32.9 Å². The van der Waals surface area contributed by atoms with Crippen molar-refractivity contribution in [1.29, 1.82) is 0 Å². The van der Waals surface area contributed by atoms with Crippen molar-refractivity contribution in [1.82, 2.24) is 9.88 Å². The molecule has 0 aliphatic carbocycles. The molecule has 3 nitrogen and oxygen atoms in total. The smallest absolute Gasteiger partial charge is 0.0644 e. The third-order valence-electron chi connectivity index (χ3n) is 3.35. The van der Waals surface area contributed by atoms with Gasteiger partial charge in [-0.2, -0.15) is 0 Å². The molecule has 0 amide bonds. The maximum Gasteiger partial charge on any atom is 0.0644 e. The largest absolute Gasteiger partial charge is 0.329 e. The van der Waals surface area contributed by atoms with Crippen LogP contribution in [0.1, 0.15) is 32.5 Å². The van der Waals surface area contributed by atoms with E-state index in [1.807, 2.05) is 24.4 Å². The van der Waals surface area contributed by atoms with Crippen LogP contribution in [0.4, 0.5) is 0 Å². The van der Waals surface area contributed by atoms with Crippen LogP contribution in [-0.2, 0) is 0 Å². The summed E-state index contributed by atoms with van der Waals surface area (Å²) in [4.78, 5) is 6.70. The Labute approximate surface area is 98.7 Å². The Morgan fingerprint density at radius 1 is 1.31 bits per heavy atom. The molecule has 2 N–H and O–H groups in total. The zero-order valence-electron chi connectivity index (χ0n) is 10.7. The van der Waals surface area contributed by atoms with Gasteiger partial charge < -0.3 is 5.73 Å². The van der Waals surface area contributed by atoms with E-state index >= 15 is 0 Å². The van der Waals surface area contributed by atoms with Gasteiger partial charge in [-0.15, -0.1) is 0 Å². The van der Waals surface area contributed by atoms with E-state index < -0.39 is 0 Å². The normalized spacial score (nSPS) is 15.4.